The molecule has 0 bridgehead atoms. The van der Waals surface area contributed by atoms with Crippen LogP contribution in [0.15, 0.2) is 12.5 Å². The van der Waals surface area contributed by atoms with Crippen molar-refractivity contribution in [3.8, 4) is 0 Å². The average molecular weight is 511 g/mol. The normalized spacial score (nSPS) is 14.4. The fourth-order valence-electron chi connectivity index (χ4n) is 3.34. The van der Waals surface area contributed by atoms with Crippen LogP contribution in [-0.4, -0.2) is 75.4 Å². The summed E-state index contributed by atoms with van der Waals surface area (Å²) in [6, 6.07) is -4.45. The highest BCUT2D eigenvalue weighted by molar-refractivity contribution is 5.94. The molecule has 0 saturated carbocycles. The molecule has 1 aromatic heterocycles. The number of carboxylic acid groups (broad SMARTS) is 1. The number of nitrogens with one attached hydrogen (secondary N) is 4. The summed E-state index contributed by atoms with van der Waals surface area (Å²) < 4.78 is 0. The second kappa shape index (κ2) is 15.5. The molecule has 1 rings (SSSR count). The quantitative estimate of drug-likeness (QED) is 0.106. The number of aromatic amines is 1. The first-order valence-electron chi connectivity index (χ1n) is 11.8. The Kier molecular flexibility index (Phi) is 13.1. The summed E-state index contributed by atoms with van der Waals surface area (Å²) in [6.07, 6.45) is 4.17. The van der Waals surface area contributed by atoms with Gasteiger partial charge in [-0.3, -0.25) is 19.2 Å². The number of amides is 4. The van der Waals surface area contributed by atoms with Gasteiger partial charge in [0.05, 0.1) is 12.4 Å². The third kappa shape index (κ3) is 10.8. The van der Waals surface area contributed by atoms with Crippen molar-refractivity contribution in [3.05, 3.63) is 18.2 Å². The molecule has 0 spiro atoms. The van der Waals surface area contributed by atoms with Gasteiger partial charge in [-0.05, 0) is 31.7 Å². The Bertz CT molecular complexity index is 876. The van der Waals surface area contributed by atoms with Crippen LogP contribution in [-0.2, 0) is 30.4 Å². The summed E-state index contributed by atoms with van der Waals surface area (Å²) in [5, 5.41) is 17.0. The molecule has 0 aliphatic carbocycles. The SMILES string of the molecule is CC(C)C(NC(=O)C(CCC(N)=O)NC(=O)C(N)CCCCN)C(=O)NC(Cc1cnc[nH]1)C(=O)O. The van der Waals surface area contributed by atoms with E-state index in [4.69, 9.17) is 17.2 Å². The number of aromatic nitrogens is 2. The summed E-state index contributed by atoms with van der Waals surface area (Å²) in [4.78, 5) is 68.0. The maximum atomic E-state index is 13.0. The second-order valence-corrected chi connectivity index (χ2v) is 8.87. The van der Waals surface area contributed by atoms with E-state index in [9.17, 15) is 29.1 Å². The first-order valence-corrected chi connectivity index (χ1v) is 11.8. The molecule has 0 radical (unpaired) electrons. The average Bonchev–Trinajstić information content (AvgIpc) is 3.32. The van der Waals surface area contributed by atoms with E-state index in [1.807, 2.05) is 0 Å². The van der Waals surface area contributed by atoms with Crippen LogP contribution < -0.4 is 33.2 Å². The van der Waals surface area contributed by atoms with Crippen molar-refractivity contribution >= 4 is 29.6 Å². The Hall–Kier alpha value is -3.52. The van der Waals surface area contributed by atoms with Crippen LogP contribution >= 0.6 is 0 Å². The molecule has 36 heavy (non-hydrogen) atoms. The minimum Gasteiger partial charge on any atom is -0.480 e. The van der Waals surface area contributed by atoms with Gasteiger partial charge in [-0.1, -0.05) is 20.3 Å². The fourth-order valence-corrected chi connectivity index (χ4v) is 3.34. The molecule has 4 amide bonds. The van der Waals surface area contributed by atoms with Gasteiger partial charge < -0.3 is 43.2 Å². The predicted octanol–water partition coefficient (Wildman–Crippen LogP) is -2.13. The van der Waals surface area contributed by atoms with Gasteiger partial charge in [0.1, 0.15) is 18.1 Å². The number of nitrogens with zero attached hydrogens (tertiary/aromatic N) is 1. The fraction of sp³-hybridized carbons (Fsp3) is 0.636. The molecule has 0 aromatic carbocycles. The number of H-pyrrole nitrogens is 1. The van der Waals surface area contributed by atoms with Crippen molar-refractivity contribution in [1.82, 2.24) is 25.9 Å². The minimum atomic E-state index is -1.27. The molecular formula is C22H38N8O6. The number of carbonyl (C=O) groups excluding carboxylic acids is 4. The van der Waals surface area contributed by atoms with E-state index >= 15 is 0 Å². The number of imidazole rings is 1. The van der Waals surface area contributed by atoms with Gasteiger partial charge in [0, 0.05) is 24.7 Å². The van der Waals surface area contributed by atoms with Crippen molar-refractivity contribution in [2.45, 2.75) is 76.5 Å². The van der Waals surface area contributed by atoms with E-state index < -0.39 is 59.7 Å². The number of primary amides is 1. The zero-order valence-electron chi connectivity index (χ0n) is 20.7. The Labute approximate surface area is 209 Å². The van der Waals surface area contributed by atoms with Gasteiger partial charge in [0.15, 0.2) is 0 Å². The van der Waals surface area contributed by atoms with Crippen molar-refractivity contribution in [2.75, 3.05) is 6.54 Å². The van der Waals surface area contributed by atoms with Crippen LogP contribution in [0.3, 0.4) is 0 Å². The first kappa shape index (κ1) is 30.5. The maximum absolute atomic E-state index is 13.0. The third-order valence-corrected chi connectivity index (χ3v) is 5.46. The number of hydrogen-bond donors (Lipinski definition) is 8. The van der Waals surface area contributed by atoms with Crippen LogP contribution in [0.25, 0.3) is 0 Å². The number of aliphatic carboxylic acids is 1. The molecule has 202 valence electrons. The van der Waals surface area contributed by atoms with Crippen molar-refractivity contribution in [1.29, 1.82) is 0 Å². The van der Waals surface area contributed by atoms with E-state index in [-0.39, 0.29) is 19.3 Å². The molecule has 11 N–H and O–H groups in total. The van der Waals surface area contributed by atoms with Crippen LogP contribution in [0.5, 0.6) is 0 Å². The molecule has 4 atom stereocenters. The summed E-state index contributed by atoms with van der Waals surface area (Å²) >= 11 is 0. The van der Waals surface area contributed by atoms with Crippen LogP contribution in [0, 0.1) is 5.92 Å². The Morgan fingerprint density at radius 2 is 1.67 bits per heavy atom. The Morgan fingerprint density at radius 3 is 2.19 bits per heavy atom. The lowest BCUT2D eigenvalue weighted by atomic mass is 10.0. The van der Waals surface area contributed by atoms with E-state index in [0.29, 0.717) is 31.5 Å². The van der Waals surface area contributed by atoms with E-state index in [1.54, 1.807) is 13.8 Å². The maximum Gasteiger partial charge on any atom is 0.326 e. The van der Waals surface area contributed by atoms with Gasteiger partial charge in [-0.25, -0.2) is 9.78 Å². The molecule has 0 fully saturated rings. The number of rotatable bonds is 17. The van der Waals surface area contributed by atoms with Gasteiger partial charge in [-0.15, -0.1) is 0 Å². The van der Waals surface area contributed by atoms with Crippen LogP contribution in [0.2, 0.25) is 0 Å². The molecule has 14 heteroatoms. The van der Waals surface area contributed by atoms with E-state index in [1.165, 1.54) is 12.5 Å². The molecule has 4 unspecified atom stereocenters. The summed E-state index contributed by atoms with van der Waals surface area (Å²) in [5.74, 6) is -4.40. The van der Waals surface area contributed by atoms with Gasteiger partial charge in [0.25, 0.3) is 0 Å². The number of unbranched alkanes of at least 4 members (excludes halogenated alkanes) is 1. The second-order valence-electron chi connectivity index (χ2n) is 8.87. The van der Waals surface area contributed by atoms with Gasteiger partial charge in [-0.2, -0.15) is 0 Å². The first-order chi connectivity index (χ1) is 17.0. The molecule has 1 aromatic rings. The molecule has 0 saturated heterocycles. The largest absolute Gasteiger partial charge is 0.480 e. The highest BCUT2D eigenvalue weighted by Gasteiger charge is 2.32. The standard InChI is InChI=1S/C22H38N8O6/c1-12(2)18(21(34)29-16(22(35)36)9-13-10-26-11-27-13)30-20(33)15(6-7-17(25)31)28-19(32)14(24)5-3-4-8-23/h10-12,14-16,18H,3-9,23-24H2,1-2H3,(H2,25,31)(H,26,27)(H,28,32)(H,29,34)(H,30,33)(H,35,36). The lowest BCUT2D eigenvalue weighted by Gasteiger charge is -2.27. The summed E-state index contributed by atoms with van der Waals surface area (Å²) in [7, 11) is 0. The van der Waals surface area contributed by atoms with Crippen molar-refractivity contribution in [3.63, 3.8) is 0 Å². The minimum absolute atomic E-state index is 0.0425. The highest BCUT2D eigenvalue weighted by Crippen LogP contribution is 2.08. The van der Waals surface area contributed by atoms with Gasteiger partial charge >= 0.3 is 5.97 Å². The monoisotopic (exact) mass is 510 g/mol. The van der Waals surface area contributed by atoms with E-state index in [0.717, 1.165) is 0 Å². The van der Waals surface area contributed by atoms with Crippen LogP contribution in [0.1, 0.15) is 51.6 Å². The molecule has 1 heterocycles. The number of hydrogen-bond acceptors (Lipinski definition) is 8. The van der Waals surface area contributed by atoms with Crippen LogP contribution in [0.4, 0.5) is 0 Å². The highest BCUT2D eigenvalue weighted by atomic mass is 16.4. The molecular weight excluding hydrogens is 472 g/mol. The number of carbonyl (C=O) groups is 5. The smallest absolute Gasteiger partial charge is 0.326 e. The molecule has 0 aliphatic rings. The Morgan fingerprint density at radius 1 is 1.00 bits per heavy atom. The summed E-state index contributed by atoms with van der Waals surface area (Å²) in [6.45, 7) is 3.79. The van der Waals surface area contributed by atoms with Crippen molar-refractivity contribution in [2.24, 2.45) is 23.1 Å². The lowest BCUT2D eigenvalue weighted by molar-refractivity contribution is -0.142. The zero-order chi connectivity index (χ0) is 27.3. The lowest BCUT2D eigenvalue weighted by Crippen LogP contribution is -2.58. The van der Waals surface area contributed by atoms with Crippen molar-refractivity contribution < 1.29 is 29.1 Å². The molecule has 0 aliphatic heterocycles. The third-order valence-electron chi connectivity index (χ3n) is 5.46. The molecule has 14 nitrogen and oxygen atoms in total. The van der Waals surface area contributed by atoms with Gasteiger partial charge in [0.2, 0.25) is 23.6 Å². The Balaban J connectivity index is 2.92. The summed E-state index contributed by atoms with van der Waals surface area (Å²) in [5.41, 5.74) is 17.0. The zero-order valence-corrected chi connectivity index (χ0v) is 20.7. The number of carboxylic acids is 1. The number of nitrogens with two attached hydrogens (primary N) is 3. The van der Waals surface area contributed by atoms with E-state index in [2.05, 4.69) is 25.9 Å². The topological polar surface area (TPSA) is 248 Å². The predicted molar refractivity (Wildman–Crippen MR) is 130 cm³/mol.